The minimum Gasteiger partial charge on any atom is -0.479 e. The molecule has 0 saturated carbocycles. The lowest BCUT2D eigenvalue weighted by atomic mass is 10.2. The second kappa shape index (κ2) is 5.38. The summed E-state index contributed by atoms with van der Waals surface area (Å²) in [5.41, 5.74) is 0.843. The Morgan fingerprint density at radius 1 is 1.40 bits per heavy atom. The Morgan fingerprint density at radius 3 is 3.00 bits per heavy atom. The van der Waals surface area contributed by atoms with Gasteiger partial charge in [0.1, 0.15) is 6.10 Å². The zero-order valence-corrected chi connectivity index (χ0v) is 10.6. The van der Waals surface area contributed by atoms with Gasteiger partial charge in [-0.3, -0.25) is 4.98 Å². The fourth-order valence-corrected chi connectivity index (χ4v) is 2.14. The number of rotatable bonds is 4. The predicted molar refractivity (Wildman–Crippen MR) is 65.8 cm³/mol. The summed E-state index contributed by atoms with van der Waals surface area (Å²) in [6, 6.07) is 5.60. The van der Waals surface area contributed by atoms with E-state index in [1.807, 2.05) is 18.2 Å². The number of aromatic nitrogens is 3. The monoisotopic (exact) mass is 275 g/mol. The van der Waals surface area contributed by atoms with Crippen LogP contribution < -0.4 is 0 Å². The molecule has 1 saturated heterocycles. The average Bonchev–Trinajstić information content (AvgIpc) is 3.08. The van der Waals surface area contributed by atoms with Crippen LogP contribution in [0.15, 0.2) is 28.9 Å². The van der Waals surface area contributed by atoms with Gasteiger partial charge < -0.3 is 14.4 Å². The normalized spacial score (nSPS) is 22.0. The summed E-state index contributed by atoms with van der Waals surface area (Å²) in [5, 5.41) is 12.8. The molecule has 0 spiro atoms. The Morgan fingerprint density at radius 2 is 2.30 bits per heavy atom. The van der Waals surface area contributed by atoms with Gasteiger partial charge in [-0.25, -0.2) is 4.79 Å². The maximum Gasteiger partial charge on any atom is 0.332 e. The topological polar surface area (TPSA) is 98.3 Å². The number of ether oxygens (including phenoxy) is 1. The summed E-state index contributed by atoms with van der Waals surface area (Å²) >= 11 is 0. The molecule has 2 aromatic heterocycles. The van der Waals surface area contributed by atoms with Crippen LogP contribution in [0.2, 0.25) is 0 Å². The van der Waals surface area contributed by atoms with Crippen molar-refractivity contribution in [1.29, 1.82) is 0 Å². The summed E-state index contributed by atoms with van der Waals surface area (Å²) < 4.78 is 10.5. The van der Waals surface area contributed by atoms with Crippen LogP contribution in [0.1, 0.15) is 36.4 Å². The quantitative estimate of drug-likeness (QED) is 0.899. The fraction of sp³-hybridized carbons (Fsp3) is 0.385. The lowest BCUT2D eigenvalue weighted by molar-refractivity contribution is -0.150. The maximum absolute atomic E-state index is 10.8. The van der Waals surface area contributed by atoms with Crippen molar-refractivity contribution >= 4 is 5.97 Å². The molecule has 1 N–H and O–H groups in total. The first-order valence-corrected chi connectivity index (χ1v) is 6.33. The van der Waals surface area contributed by atoms with Crippen LogP contribution in [-0.2, 0) is 16.0 Å². The molecule has 20 heavy (non-hydrogen) atoms. The minimum atomic E-state index is -0.958. The van der Waals surface area contributed by atoms with Crippen LogP contribution >= 0.6 is 0 Å². The Kier molecular flexibility index (Phi) is 3.42. The number of nitrogens with zero attached hydrogens (tertiary/aromatic N) is 3. The van der Waals surface area contributed by atoms with Gasteiger partial charge in [0, 0.05) is 11.9 Å². The third kappa shape index (κ3) is 2.67. The van der Waals surface area contributed by atoms with Crippen molar-refractivity contribution in [2.75, 3.05) is 0 Å². The molecular formula is C13H13N3O4. The van der Waals surface area contributed by atoms with E-state index in [0.29, 0.717) is 31.0 Å². The van der Waals surface area contributed by atoms with E-state index in [1.54, 1.807) is 6.20 Å². The molecule has 0 aromatic carbocycles. The largest absolute Gasteiger partial charge is 0.479 e. The number of aliphatic carboxylic acids is 1. The van der Waals surface area contributed by atoms with Crippen molar-refractivity contribution in [2.24, 2.45) is 0 Å². The van der Waals surface area contributed by atoms with Crippen LogP contribution in [0.3, 0.4) is 0 Å². The summed E-state index contributed by atoms with van der Waals surface area (Å²) in [6.45, 7) is 0. The molecule has 0 radical (unpaired) electrons. The minimum absolute atomic E-state index is 0.333. The van der Waals surface area contributed by atoms with Crippen molar-refractivity contribution in [1.82, 2.24) is 15.1 Å². The molecule has 1 fully saturated rings. The van der Waals surface area contributed by atoms with Gasteiger partial charge in [-0.2, -0.15) is 4.98 Å². The molecule has 2 atom stereocenters. The summed E-state index contributed by atoms with van der Waals surface area (Å²) in [4.78, 5) is 19.3. The molecule has 104 valence electrons. The van der Waals surface area contributed by atoms with Crippen LogP contribution in [-0.4, -0.2) is 32.3 Å². The van der Waals surface area contributed by atoms with E-state index in [4.69, 9.17) is 14.4 Å². The highest BCUT2D eigenvalue weighted by Crippen LogP contribution is 2.31. The van der Waals surface area contributed by atoms with Gasteiger partial charge in [0.25, 0.3) is 5.89 Å². The second-order valence-corrected chi connectivity index (χ2v) is 4.58. The zero-order valence-electron chi connectivity index (χ0n) is 10.6. The highest BCUT2D eigenvalue weighted by atomic mass is 16.5. The highest BCUT2D eigenvalue weighted by Gasteiger charge is 2.34. The van der Waals surface area contributed by atoms with Crippen LogP contribution in [0.25, 0.3) is 0 Å². The van der Waals surface area contributed by atoms with Crippen molar-refractivity contribution in [3.05, 3.63) is 41.8 Å². The van der Waals surface area contributed by atoms with Gasteiger partial charge >= 0.3 is 5.97 Å². The SMILES string of the molecule is O=C(O)C1CCC(c2nc(Cc3ccccn3)no2)O1. The lowest BCUT2D eigenvalue weighted by Crippen LogP contribution is -2.18. The number of hydrogen-bond acceptors (Lipinski definition) is 6. The van der Waals surface area contributed by atoms with Crippen LogP contribution in [0.4, 0.5) is 0 Å². The molecule has 7 nitrogen and oxygen atoms in total. The van der Waals surface area contributed by atoms with Gasteiger partial charge in [0.2, 0.25) is 0 Å². The van der Waals surface area contributed by atoms with E-state index in [9.17, 15) is 4.79 Å². The first kappa shape index (κ1) is 12.7. The Labute approximate surface area is 114 Å². The number of hydrogen-bond donors (Lipinski definition) is 1. The van der Waals surface area contributed by atoms with E-state index in [0.717, 1.165) is 5.69 Å². The first-order chi connectivity index (χ1) is 9.72. The number of pyridine rings is 1. The zero-order chi connectivity index (χ0) is 13.9. The van der Waals surface area contributed by atoms with E-state index < -0.39 is 18.2 Å². The Hall–Kier alpha value is -2.28. The van der Waals surface area contributed by atoms with Gasteiger partial charge in [0.05, 0.1) is 6.42 Å². The van der Waals surface area contributed by atoms with Gasteiger partial charge in [-0.05, 0) is 25.0 Å². The van der Waals surface area contributed by atoms with Crippen LogP contribution in [0, 0.1) is 0 Å². The summed E-state index contributed by atoms with van der Waals surface area (Å²) in [6.07, 6.45) is 1.99. The molecule has 3 heterocycles. The van der Waals surface area contributed by atoms with Gasteiger partial charge in [-0.1, -0.05) is 11.2 Å². The standard InChI is InChI=1S/C13H13N3O4/c17-13(18)10-5-4-9(19-10)12-15-11(16-20-12)7-8-3-1-2-6-14-8/h1-3,6,9-10H,4-5,7H2,(H,17,18). The summed E-state index contributed by atoms with van der Waals surface area (Å²) in [5.74, 6) is -0.110. The Bertz CT molecular complexity index is 599. The molecule has 2 aromatic rings. The van der Waals surface area contributed by atoms with E-state index >= 15 is 0 Å². The second-order valence-electron chi connectivity index (χ2n) is 4.58. The molecule has 1 aliphatic rings. The third-order valence-electron chi connectivity index (χ3n) is 3.12. The van der Waals surface area contributed by atoms with Gasteiger partial charge in [-0.15, -0.1) is 0 Å². The van der Waals surface area contributed by atoms with Gasteiger partial charge in [0.15, 0.2) is 11.9 Å². The summed E-state index contributed by atoms with van der Waals surface area (Å²) in [7, 11) is 0. The van der Waals surface area contributed by atoms with Crippen molar-refractivity contribution in [3.63, 3.8) is 0 Å². The maximum atomic E-state index is 10.8. The predicted octanol–water partition coefficient (Wildman–Crippen LogP) is 1.36. The number of carbonyl (C=O) groups is 1. The molecule has 0 bridgehead atoms. The van der Waals surface area contributed by atoms with E-state index in [-0.39, 0.29) is 0 Å². The lowest BCUT2D eigenvalue weighted by Gasteiger charge is -2.05. The fourth-order valence-electron chi connectivity index (χ4n) is 2.14. The first-order valence-electron chi connectivity index (χ1n) is 6.33. The molecule has 3 rings (SSSR count). The van der Waals surface area contributed by atoms with Crippen molar-refractivity contribution in [3.8, 4) is 0 Å². The average molecular weight is 275 g/mol. The van der Waals surface area contributed by atoms with E-state index in [2.05, 4.69) is 15.1 Å². The molecule has 1 aliphatic heterocycles. The van der Waals surface area contributed by atoms with E-state index in [1.165, 1.54) is 0 Å². The molecule has 0 amide bonds. The van der Waals surface area contributed by atoms with Crippen molar-refractivity contribution in [2.45, 2.75) is 31.5 Å². The molecular weight excluding hydrogens is 262 g/mol. The third-order valence-corrected chi connectivity index (χ3v) is 3.12. The number of carboxylic acid groups (broad SMARTS) is 1. The Balaban J connectivity index is 1.67. The molecule has 7 heteroatoms. The van der Waals surface area contributed by atoms with Crippen molar-refractivity contribution < 1.29 is 19.2 Å². The smallest absolute Gasteiger partial charge is 0.332 e. The molecule has 0 aliphatic carbocycles. The molecule has 2 unspecified atom stereocenters. The number of carboxylic acids is 1. The highest BCUT2D eigenvalue weighted by molar-refractivity contribution is 5.72. The van der Waals surface area contributed by atoms with Crippen LogP contribution in [0.5, 0.6) is 0 Å².